The van der Waals surface area contributed by atoms with Crippen LogP contribution in [0, 0.1) is 0 Å². The number of aryl methyl sites for hydroxylation is 1. The predicted molar refractivity (Wildman–Crippen MR) is 137 cm³/mol. The minimum absolute atomic E-state index is 0.0475. The first kappa shape index (κ1) is 28.4. The van der Waals surface area contributed by atoms with E-state index in [1.807, 2.05) is 64.1 Å². The zero-order valence-corrected chi connectivity index (χ0v) is 22.1. The minimum atomic E-state index is -4.38. The van der Waals surface area contributed by atoms with Crippen molar-refractivity contribution in [3.05, 3.63) is 76.6 Å². The van der Waals surface area contributed by atoms with Gasteiger partial charge < -0.3 is 9.47 Å². The van der Waals surface area contributed by atoms with E-state index in [2.05, 4.69) is 5.10 Å². The number of carbonyl (C=O) groups excluding carboxylic acids is 1. The van der Waals surface area contributed by atoms with Crippen molar-refractivity contribution in [2.45, 2.75) is 78.3 Å². The highest BCUT2D eigenvalue weighted by molar-refractivity contribution is 5.97. The average Bonchev–Trinajstić information content (AvgIpc) is 3.11. The molecule has 2 aromatic carbocycles. The van der Waals surface area contributed by atoms with E-state index in [4.69, 9.17) is 9.47 Å². The number of alkyl halides is 3. The molecule has 0 atom stereocenters. The number of nitrogens with zero attached hydrogens (tertiary/aromatic N) is 2. The van der Waals surface area contributed by atoms with Crippen molar-refractivity contribution in [1.82, 2.24) is 9.78 Å². The summed E-state index contributed by atoms with van der Waals surface area (Å²) in [6.45, 7) is 6.41. The maximum absolute atomic E-state index is 13.2. The standard InChI is InChI=1S/C29H35F3N2O3/c1-6-7-12-25-24(26(18-36-5)34(33-25)19-29(30,31)32)17-20-13-15-21(16-14-20)22-10-8-9-11-23(22)27(35)37-28(2,3)4/h8-11,13-16H,6-7,12,17-19H2,1-5H3. The Morgan fingerprint density at radius 3 is 2.30 bits per heavy atom. The van der Waals surface area contributed by atoms with Crippen LogP contribution in [0.1, 0.15) is 73.4 Å². The molecule has 0 aliphatic carbocycles. The van der Waals surface area contributed by atoms with Crippen molar-refractivity contribution in [1.29, 1.82) is 0 Å². The van der Waals surface area contributed by atoms with E-state index in [1.165, 1.54) is 7.11 Å². The number of halogens is 3. The summed E-state index contributed by atoms with van der Waals surface area (Å²) in [7, 11) is 1.47. The van der Waals surface area contributed by atoms with Gasteiger partial charge in [0.05, 0.1) is 23.6 Å². The maximum Gasteiger partial charge on any atom is 0.408 e. The Kier molecular flexibility index (Phi) is 9.18. The largest absolute Gasteiger partial charge is 0.456 e. The monoisotopic (exact) mass is 516 g/mol. The van der Waals surface area contributed by atoms with Crippen molar-refractivity contribution in [3.63, 3.8) is 0 Å². The van der Waals surface area contributed by atoms with Gasteiger partial charge in [0.1, 0.15) is 12.1 Å². The molecule has 0 radical (unpaired) electrons. The Morgan fingerprint density at radius 2 is 1.70 bits per heavy atom. The maximum atomic E-state index is 13.2. The van der Waals surface area contributed by atoms with Crippen molar-refractivity contribution in [3.8, 4) is 11.1 Å². The molecule has 1 heterocycles. The second-order valence-corrected chi connectivity index (χ2v) is 10.1. The van der Waals surface area contributed by atoms with Crippen molar-refractivity contribution in [2.75, 3.05) is 7.11 Å². The molecule has 0 amide bonds. The summed E-state index contributed by atoms with van der Waals surface area (Å²) in [6.07, 6.45) is -1.59. The van der Waals surface area contributed by atoms with Crippen LogP contribution in [0.2, 0.25) is 0 Å². The second-order valence-electron chi connectivity index (χ2n) is 10.1. The van der Waals surface area contributed by atoms with Crippen LogP contribution in [0.4, 0.5) is 13.2 Å². The average molecular weight is 517 g/mol. The van der Waals surface area contributed by atoms with E-state index < -0.39 is 24.3 Å². The van der Waals surface area contributed by atoms with Crippen LogP contribution in [0.3, 0.4) is 0 Å². The third-order valence-electron chi connectivity index (χ3n) is 5.82. The SMILES string of the molecule is CCCCc1nn(CC(F)(F)F)c(COC)c1Cc1ccc(-c2ccccc2C(=O)OC(C)(C)C)cc1. The summed E-state index contributed by atoms with van der Waals surface area (Å²) in [6, 6.07) is 15.0. The summed E-state index contributed by atoms with van der Waals surface area (Å²) in [4.78, 5) is 12.8. The fraction of sp³-hybridized carbons (Fsp3) is 0.448. The lowest BCUT2D eigenvalue weighted by Gasteiger charge is -2.20. The first-order chi connectivity index (χ1) is 17.4. The van der Waals surface area contributed by atoms with Crippen LogP contribution >= 0.6 is 0 Å². The van der Waals surface area contributed by atoms with Gasteiger partial charge in [-0.25, -0.2) is 4.79 Å². The Bertz CT molecular complexity index is 1190. The second kappa shape index (κ2) is 11.9. The Balaban J connectivity index is 1.93. The van der Waals surface area contributed by atoms with Gasteiger partial charge in [-0.3, -0.25) is 4.68 Å². The molecule has 0 saturated heterocycles. The predicted octanol–water partition coefficient (Wildman–Crippen LogP) is 7.15. The zero-order valence-electron chi connectivity index (χ0n) is 22.1. The minimum Gasteiger partial charge on any atom is -0.456 e. The molecular weight excluding hydrogens is 481 g/mol. The highest BCUT2D eigenvalue weighted by Crippen LogP contribution is 2.29. The van der Waals surface area contributed by atoms with Gasteiger partial charge in [-0.05, 0) is 56.4 Å². The first-order valence-corrected chi connectivity index (χ1v) is 12.5. The molecule has 0 fully saturated rings. The molecule has 0 unspecified atom stereocenters. The van der Waals surface area contributed by atoms with Gasteiger partial charge in [0.2, 0.25) is 0 Å². The lowest BCUT2D eigenvalue weighted by molar-refractivity contribution is -0.143. The fourth-order valence-corrected chi connectivity index (χ4v) is 4.19. The molecule has 0 aliphatic heterocycles. The van der Waals surface area contributed by atoms with Crippen molar-refractivity contribution in [2.24, 2.45) is 0 Å². The molecule has 0 saturated carbocycles. The van der Waals surface area contributed by atoms with E-state index in [-0.39, 0.29) is 6.61 Å². The highest BCUT2D eigenvalue weighted by Gasteiger charge is 2.31. The third-order valence-corrected chi connectivity index (χ3v) is 5.82. The number of aromatic nitrogens is 2. The van der Waals surface area contributed by atoms with Crippen molar-refractivity contribution >= 4 is 5.97 Å². The van der Waals surface area contributed by atoms with Gasteiger partial charge in [-0.1, -0.05) is 55.8 Å². The number of benzene rings is 2. The molecule has 3 rings (SSSR count). The molecule has 0 bridgehead atoms. The van der Waals surface area contributed by atoms with E-state index in [0.29, 0.717) is 29.8 Å². The molecule has 0 N–H and O–H groups in total. The molecule has 3 aromatic rings. The number of carbonyl (C=O) groups is 1. The summed E-state index contributed by atoms with van der Waals surface area (Å²) in [5.74, 6) is -0.394. The van der Waals surface area contributed by atoms with Gasteiger partial charge in [-0.2, -0.15) is 18.3 Å². The summed E-state index contributed by atoms with van der Waals surface area (Å²) in [5, 5.41) is 4.34. The molecule has 0 aliphatic rings. The van der Waals surface area contributed by atoms with Gasteiger partial charge in [-0.15, -0.1) is 0 Å². The quantitative estimate of drug-likeness (QED) is 0.269. The molecule has 0 spiro atoms. The van der Waals surface area contributed by atoms with Gasteiger partial charge >= 0.3 is 12.1 Å². The topological polar surface area (TPSA) is 53.4 Å². The molecule has 37 heavy (non-hydrogen) atoms. The lowest BCUT2D eigenvalue weighted by Crippen LogP contribution is -2.24. The number of methoxy groups -OCH3 is 1. The Morgan fingerprint density at radius 1 is 1.03 bits per heavy atom. The van der Waals surface area contributed by atoms with E-state index in [1.54, 1.807) is 12.1 Å². The van der Waals surface area contributed by atoms with E-state index in [0.717, 1.165) is 39.8 Å². The van der Waals surface area contributed by atoms with Crippen LogP contribution in [0.5, 0.6) is 0 Å². The van der Waals surface area contributed by atoms with Crippen LogP contribution in [0.25, 0.3) is 11.1 Å². The molecule has 200 valence electrons. The van der Waals surface area contributed by atoms with Gasteiger partial charge in [0.15, 0.2) is 0 Å². The number of unbranched alkanes of at least 4 members (excludes halogenated alkanes) is 1. The van der Waals surface area contributed by atoms with Crippen LogP contribution in [-0.4, -0.2) is 34.6 Å². The van der Waals surface area contributed by atoms with Crippen LogP contribution in [-0.2, 0) is 35.5 Å². The summed E-state index contributed by atoms with van der Waals surface area (Å²) >= 11 is 0. The van der Waals surface area contributed by atoms with Crippen molar-refractivity contribution < 1.29 is 27.4 Å². The Hall–Kier alpha value is -3.13. The van der Waals surface area contributed by atoms with E-state index >= 15 is 0 Å². The van der Waals surface area contributed by atoms with Gasteiger partial charge in [0, 0.05) is 19.1 Å². The fourth-order valence-electron chi connectivity index (χ4n) is 4.19. The number of ether oxygens (including phenoxy) is 2. The molecule has 8 heteroatoms. The number of hydrogen-bond donors (Lipinski definition) is 0. The zero-order chi connectivity index (χ0) is 27.2. The first-order valence-electron chi connectivity index (χ1n) is 12.5. The van der Waals surface area contributed by atoms with E-state index in [9.17, 15) is 18.0 Å². The summed E-state index contributed by atoms with van der Waals surface area (Å²) < 4.78 is 51.6. The number of esters is 1. The summed E-state index contributed by atoms with van der Waals surface area (Å²) in [5.41, 5.74) is 4.30. The lowest BCUT2D eigenvalue weighted by atomic mass is 9.96. The van der Waals surface area contributed by atoms with Gasteiger partial charge in [0.25, 0.3) is 0 Å². The third kappa shape index (κ3) is 7.92. The Labute approximate surface area is 216 Å². The van der Waals surface area contributed by atoms with Crippen LogP contribution < -0.4 is 0 Å². The highest BCUT2D eigenvalue weighted by atomic mass is 19.4. The van der Waals surface area contributed by atoms with Crippen LogP contribution in [0.15, 0.2) is 48.5 Å². The smallest absolute Gasteiger partial charge is 0.408 e. The normalized spacial score (nSPS) is 12.1. The number of hydrogen-bond acceptors (Lipinski definition) is 4. The molecular formula is C29H35F3N2O3. The molecule has 1 aromatic heterocycles. The molecule has 5 nitrogen and oxygen atoms in total. The number of rotatable bonds is 10.